The molecule has 0 bridgehead atoms. The molecule has 82 valence electrons. The molecule has 0 saturated carbocycles. The summed E-state index contributed by atoms with van der Waals surface area (Å²) in [5.41, 5.74) is 11.7. The minimum Gasteiger partial charge on any atom is -0.391 e. The van der Waals surface area contributed by atoms with E-state index in [1.165, 1.54) is 6.33 Å². The Labute approximate surface area is 91.5 Å². The maximum atomic E-state index is 11.2. The second-order valence-electron chi connectivity index (χ2n) is 3.11. The van der Waals surface area contributed by atoms with Crippen LogP contribution in [0.3, 0.4) is 0 Å². The van der Waals surface area contributed by atoms with Crippen LogP contribution >= 0.6 is 0 Å². The zero-order chi connectivity index (χ0) is 11.4. The topological polar surface area (TPSA) is 95.8 Å². The van der Waals surface area contributed by atoms with E-state index in [-0.39, 0.29) is 11.2 Å². The normalized spacial score (nSPS) is 9.75. The Morgan fingerprint density at radius 3 is 2.69 bits per heavy atom. The van der Waals surface area contributed by atoms with Crippen LogP contribution in [-0.2, 0) is 0 Å². The molecule has 0 aliphatic carbocycles. The van der Waals surface area contributed by atoms with Gasteiger partial charge in [0.25, 0.3) is 5.56 Å². The molecule has 6 nitrogen and oxygen atoms in total. The molecular weight excluding hydrogens is 206 g/mol. The van der Waals surface area contributed by atoms with E-state index < -0.39 is 0 Å². The molecule has 5 N–H and O–H groups in total. The van der Waals surface area contributed by atoms with Crippen molar-refractivity contribution in [2.75, 3.05) is 16.6 Å². The van der Waals surface area contributed by atoms with Gasteiger partial charge in [-0.05, 0) is 12.1 Å². The van der Waals surface area contributed by atoms with Crippen LogP contribution in [0, 0.1) is 0 Å². The van der Waals surface area contributed by atoms with Gasteiger partial charge in [0.05, 0.1) is 12.0 Å². The predicted molar refractivity (Wildman–Crippen MR) is 63.0 cm³/mol. The molecule has 2 rings (SSSR count). The minimum atomic E-state index is -0.368. The lowest BCUT2D eigenvalue weighted by atomic mass is 10.3. The summed E-state index contributed by atoms with van der Waals surface area (Å²) in [7, 11) is 0. The van der Waals surface area contributed by atoms with Crippen LogP contribution < -0.4 is 22.1 Å². The van der Waals surface area contributed by atoms with Gasteiger partial charge in [0.2, 0.25) is 0 Å². The van der Waals surface area contributed by atoms with Crippen molar-refractivity contribution in [3.8, 4) is 0 Å². The number of H-pyrrole nitrogens is 1. The first kappa shape index (κ1) is 10.0. The lowest BCUT2D eigenvalue weighted by Gasteiger charge is -2.09. The van der Waals surface area contributed by atoms with E-state index in [1.807, 2.05) is 30.3 Å². The molecule has 0 saturated heterocycles. The van der Waals surface area contributed by atoms with Gasteiger partial charge in [-0.2, -0.15) is 0 Å². The predicted octanol–water partition coefficient (Wildman–Crippen LogP) is 0.791. The summed E-state index contributed by atoms with van der Waals surface area (Å²) in [6.07, 6.45) is 1.29. The summed E-state index contributed by atoms with van der Waals surface area (Å²) >= 11 is 0. The number of nitrogen functional groups attached to an aromatic ring is 1. The number of aromatic amines is 1. The van der Waals surface area contributed by atoms with Crippen LogP contribution in [-0.4, -0.2) is 9.97 Å². The fourth-order valence-electron chi connectivity index (χ4n) is 1.16. The van der Waals surface area contributed by atoms with Gasteiger partial charge in [-0.1, -0.05) is 18.2 Å². The SMILES string of the molecule is Nc1c(NNc2ccccc2)nc[nH]c1=O. The Kier molecular flexibility index (Phi) is 2.73. The van der Waals surface area contributed by atoms with Gasteiger partial charge >= 0.3 is 0 Å². The first-order valence-electron chi connectivity index (χ1n) is 4.67. The van der Waals surface area contributed by atoms with Crippen molar-refractivity contribution in [3.05, 3.63) is 47.0 Å². The largest absolute Gasteiger partial charge is 0.391 e. The Balaban J connectivity index is 2.11. The van der Waals surface area contributed by atoms with Gasteiger partial charge in [-0.25, -0.2) is 4.98 Å². The van der Waals surface area contributed by atoms with Gasteiger partial charge < -0.3 is 10.7 Å². The van der Waals surface area contributed by atoms with E-state index in [0.29, 0.717) is 5.82 Å². The molecule has 1 aromatic heterocycles. The van der Waals surface area contributed by atoms with Gasteiger partial charge in [0, 0.05) is 0 Å². The summed E-state index contributed by atoms with van der Waals surface area (Å²) < 4.78 is 0. The number of hydrazine groups is 1. The van der Waals surface area contributed by atoms with Crippen molar-refractivity contribution in [1.82, 2.24) is 9.97 Å². The zero-order valence-corrected chi connectivity index (χ0v) is 8.40. The molecule has 1 heterocycles. The van der Waals surface area contributed by atoms with E-state index in [0.717, 1.165) is 5.69 Å². The van der Waals surface area contributed by atoms with Crippen molar-refractivity contribution in [2.24, 2.45) is 0 Å². The number of benzene rings is 1. The number of hydrogen-bond donors (Lipinski definition) is 4. The molecule has 0 atom stereocenters. The third kappa shape index (κ3) is 2.11. The maximum absolute atomic E-state index is 11.2. The molecule has 0 fully saturated rings. The van der Waals surface area contributed by atoms with E-state index in [2.05, 4.69) is 20.8 Å². The summed E-state index contributed by atoms with van der Waals surface area (Å²) in [4.78, 5) is 17.4. The minimum absolute atomic E-state index is 0.0472. The first-order chi connectivity index (χ1) is 7.77. The quantitative estimate of drug-likeness (QED) is 0.570. The lowest BCUT2D eigenvalue weighted by Crippen LogP contribution is -2.18. The lowest BCUT2D eigenvalue weighted by molar-refractivity contribution is 1.12. The second-order valence-corrected chi connectivity index (χ2v) is 3.11. The Hall–Kier alpha value is -2.50. The molecule has 0 aliphatic heterocycles. The van der Waals surface area contributed by atoms with Gasteiger partial charge in [-0.3, -0.25) is 15.6 Å². The first-order valence-corrected chi connectivity index (χ1v) is 4.67. The Bertz CT molecular complexity index is 522. The van der Waals surface area contributed by atoms with Gasteiger partial charge in [-0.15, -0.1) is 0 Å². The fraction of sp³-hybridized carbons (Fsp3) is 0. The number of nitrogens with zero attached hydrogens (tertiary/aromatic N) is 1. The Morgan fingerprint density at radius 2 is 1.94 bits per heavy atom. The third-order valence-corrected chi connectivity index (χ3v) is 1.99. The number of rotatable bonds is 3. The molecule has 0 unspecified atom stereocenters. The maximum Gasteiger partial charge on any atom is 0.276 e. The highest BCUT2D eigenvalue weighted by Gasteiger charge is 2.02. The van der Waals surface area contributed by atoms with E-state index >= 15 is 0 Å². The molecule has 6 heteroatoms. The number of nitrogens with two attached hydrogens (primary N) is 1. The summed E-state index contributed by atoms with van der Waals surface area (Å²) in [5.74, 6) is 0.299. The highest BCUT2D eigenvalue weighted by Crippen LogP contribution is 2.09. The standard InChI is InChI=1S/C10H11N5O/c11-8-9(12-6-13-10(8)16)15-14-7-4-2-1-3-5-7/h1-6,14H,11H2,(H2,12,13,15,16). The van der Waals surface area contributed by atoms with Crippen molar-refractivity contribution in [1.29, 1.82) is 0 Å². The average Bonchev–Trinajstić information content (AvgIpc) is 2.32. The van der Waals surface area contributed by atoms with Crippen molar-refractivity contribution >= 4 is 17.2 Å². The number of nitrogens with one attached hydrogen (secondary N) is 3. The summed E-state index contributed by atoms with van der Waals surface area (Å²) in [6.45, 7) is 0. The van der Waals surface area contributed by atoms with E-state index in [9.17, 15) is 4.79 Å². The number of aromatic nitrogens is 2. The number of para-hydroxylation sites is 1. The molecule has 0 amide bonds. The van der Waals surface area contributed by atoms with Crippen molar-refractivity contribution in [2.45, 2.75) is 0 Å². The zero-order valence-electron chi connectivity index (χ0n) is 8.40. The van der Waals surface area contributed by atoms with E-state index in [1.54, 1.807) is 0 Å². The third-order valence-electron chi connectivity index (χ3n) is 1.99. The van der Waals surface area contributed by atoms with Crippen LogP contribution in [0.4, 0.5) is 17.2 Å². The van der Waals surface area contributed by atoms with Crippen LogP contribution in [0.5, 0.6) is 0 Å². The molecule has 2 aromatic rings. The average molecular weight is 217 g/mol. The van der Waals surface area contributed by atoms with Crippen LogP contribution in [0.2, 0.25) is 0 Å². The highest BCUT2D eigenvalue weighted by atomic mass is 16.1. The molecule has 0 spiro atoms. The van der Waals surface area contributed by atoms with Gasteiger partial charge in [0.15, 0.2) is 5.82 Å². The monoisotopic (exact) mass is 217 g/mol. The molecule has 0 radical (unpaired) electrons. The number of anilines is 3. The van der Waals surface area contributed by atoms with Crippen LogP contribution in [0.1, 0.15) is 0 Å². The highest BCUT2D eigenvalue weighted by molar-refractivity contribution is 5.61. The smallest absolute Gasteiger partial charge is 0.276 e. The molecule has 0 aliphatic rings. The Morgan fingerprint density at radius 1 is 1.19 bits per heavy atom. The second kappa shape index (κ2) is 4.35. The van der Waals surface area contributed by atoms with Crippen LogP contribution in [0.15, 0.2) is 41.5 Å². The summed E-state index contributed by atoms with van der Waals surface area (Å²) in [6, 6.07) is 9.43. The molecule has 16 heavy (non-hydrogen) atoms. The number of hydrogen-bond acceptors (Lipinski definition) is 5. The van der Waals surface area contributed by atoms with Crippen LogP contribution in [0.25, 0.3) is 0 Å². The van der Waals surface area contributed by atoms with Crippen molar-refractivity contribution in [3.63, 3.8) is 0 Å². The van der Waals surface area contributed by atoms with E-state index in [4.69, 9.17) is 5.73 Å². The molecular formula is C10H11N5O. The van der Waals surface area contributed by atoms with Gasteiger partial charge in [0.1, 0.15) is 5.69 Å². The molecule has 1 aromatic carbocycles. The fourth-order valence-corrected chi connectivity index (χ4v) is 1.16. The summed E-state index contributed by atoms with van der Waals surface area (Å²) in [5, 5.41) is 0. The van der Waals surface area contributed by atoms with Crippen molar-refractivity contribution < 1.29 is 0 Å².